The van der Waals surface area contributed by atoms with Crippen molar-refractivity contribution in [3.63, 3.8) is 0 Å². The number of hydrogen-bond donors (Lipinski definition) is 2. The third-order valence-corrected chi connectivity index (χ3v) is 9.38. The Labute approximate surface area is 252 Å². The number of rotatable bonds is 11. The van der Waals surface area contributed by atoms with Gasteiger partial charge in [-0.1, -0.05) is 77.4 Å². The van der Waals surface area contributed by atoms with Crippen LogP contribution in [0.4, 0.5) is 0 Å². The molecule has 0 bridgehead atoms. The Morgan fingerprint density at radius 1 is 0.721 bits per heavy atom. The highest BCUT2D eigenvalue weighted by Crippen LogP contribution is 2.21. The van der Waals surface area contributed by atoms with Crippen molar-refractivity contribution in [1.29, 1.82) is 0 Å². The maximum absolute atomic E-state index is 13.3. The van der Waals surface area contributed by atoms with E-state index >= 15 is 0 Å². The summed E-state index contributed by atoms with van der Waals surface area (Å²) in [6.45, 7) is 7.39. The van der Waals surface area contributed by atoms with Gasteiger partial charge in [-0.25, -0.2) is 13.8 Å². The van der Waals surface area contributed by atoms with Gasteiger partial charge in [0.15, 0.2) is 0 Å². The van der Waals surface area contributed by atoms with Crippen LogP contribution in [-0.4, -0.2) is 34.5 Å². The second kappa shape index (κ2) is 13.3. The first-order chi connectivity index (χ1) is 20.3. The van der Waals surface area contributed by atoms with Gasteiger partial charge < -0.3 is 4.18 Å². The summed E-state index contributed by atoms with van der Waals surface area (Å²) in [5.74, 6) is -0.590. The second-order valence-corrected chi connectivity index (χ2v) is 13.5. The van der Waals surface area contributed by atoms with Crippen LogP contribution in [0.3, 0.4) is 0 Å². The molecule has 0 radical (unpaired) electrons. The molecule has 0 spiro atoms. The summed E-state index contributed by atoms with van der Waals surface area (Å²) in [6.07, 6.45) is -0.0407. The Morgan fingerprint density at radius 2 is 1.21 bits per heavy atom. The molecule has 4 rings (SSSR count). The first kappa shape index (κ1) is 31.6. The zero-order valence-electron chi connectivity index (χ0n) is 24.2. The van der Waals surface area contributed by atoms with E-state index in [2.05, 4.69) is 15.2 Å². The lowest BCUT2D eigenvalue weighted by atomic mass is 10.1. The standard InChI is InChI=1S/C32H33N3O6S2/c1-22-5-13-27(14-6-22)25(4)33-34-32(36)31(35-42(37,38)29-17-7-23(2)8-18-29)21-26-11-15-28(16-12-26)41-43(39,40)30-19-9-24(3)10-20-30/h5-20,31,35H,21H2,1-4H3,(H,34,36). The van der Waals surface area contributed by atoms with Crippen molar-refractivity contribution in [3.05, 3.63) is 125 Å². The van der Waals surface area contributed by atoms with Crippen LogP contribution in [0, 0.1) is 20.8 Å². The molecule has 11 heteroatoms. The molecule has 0 heterocycles. The molecule has 0 aliphatic carbocycles. The van der Waals surface area contributed by atoms with Crippen LogP contribution in [0.15, 0.2) is 112 Å². The predicted octanol–water partition coefficient (Wildman–Crippen LogP) is 4.81. The highest BCUT2D eigenvalue weighted by Gasteiger charge is 2.26. The van der Waals surface area contributed by atoms with Gasteiger partial charge in [0.1, 0.15) is 16.7 Å². The zero-order valence-corrected chi connectivity index (χ0v) is 25.9. The first-order valence-electron chi connectivity index (χ1n) is 13.4. The van der Waals surface area contributed by atoms with Crippen LogP contribution in [-0.2, 0) is 31.4 Å². The molecular weight excluding hydrogens is 587 g/mol. The normalized spacial score (nSPS) is 12.9. The van der Waals surface area contributed by atoms with Gasteiger partial charge in [0.05, 0.1) is 10.6 Å². The summed E-state index contributed by atoms with van der Waals surface area (Å²) >= 11 is 0. The lowest BCUT2D eigenvalue weighted by molar-refractivity contribution is -0.122. The Hall–Kier alpha value is -4.32. The molecule has 224 valence electrons. The van der Waals surface area contributed by atoms with E-state index in [0.717, 1.165) is 22.3 Å². The Kier molecular flexibility index (Phi) is 9.80. The molecule has 2 N–H and O–H groups in total. The molecule has 9 nitrogen and oxygen atoms in total. The lowest BCUT2D eigenvalue weighted by Crippen LogP contribution is -2.46. The van der Waals surface area contributed by atoms with Crippen molar-refractivity contribution in [2.45, 2.75) is 49.9 Å². The van der Waals surface area contributed by atoms with Crippen molar-refractivity contribution in [1.82, 2.24) is 10.1 Å². The summed E-state index contributed by atoms with van der Waals surface area (Å²) in [7, 11) is -8.11. The van der Waals surface area contributed by atoms with Crippen molar-refractivity contribution < 1.29 is 25.8 Å². The number of hydrogen-bond acceptors (Lipinski definition) is 7. The molecule has 1 atom stereocenters. The number of carbonyl (C=O) groups excluding carboxylic acids is 1. The summed E-state index contributed by atoms with van der Waals surface area (Å²) in [4.78, 5) is 13.3. The summed E-state index contributed by atoms with van der Waals surface area (Å²) in [6, 6.07) is 25.0. The van der Waals surface area contributed by atoms with E-state index in [9.17, 15) is 21.6 Å². The molecule has 4 aromatic rings. The monoisotopic (exact) mass is 619 g/mol. The summed E-state index contributed by atoms with van der Waals surface area (Å²) < 4.78 is 59.5. The Bertz CT molecular complexity index is 1820. The second-order valence-electron chi connectivity index (χ2n) is 10.2. The molecule has 0 aliphatic rings. The van der Waals surface area contributed by atoms with Crippen molar-refractivity contribution in [2.75, 3.05) is 0 Å². The van der Waals surface area contributed by atoms with Crippen LogP contribution in [0.2, 0.25) is 0 Å². The highest BCUT2D eigenvalue weighted by molar-refractivity contribution is 7.89. The SMILES string of the molecule is CC(=NNC(=O)C(Cc1ccc(OS(=O)(=O)c2ccc(C)cc2)cc1)NS(=O)(=O)c1ccc(C)cc1)c1ccc(C)cc1. The van der Waals surface area contributed by atoms with E-state index < -0.39 is 32.1 Å². The van der Waals surface area contributed by atoms with Gasteiger partial charge in [0.25, 0.3) is 5.91 Å². The number of hydrazone groups is 1. The average molecular weight is 620 g/mol. The number of amides is 1. The van der Waals surface area contributed by atoms with Crippen LogP contribution >= 0.6 is 0 Å². The van der Waals surface area contributed by atoms with Gasteiger partial charge in [-0.15, -0.1) is 0 Å². The number of benzene rings is 4. The quantitative estimate of drug-likeness (QED) is 0.141. The zero-order chi connectivity index (χ0) is 31.2. The fourth-order valence-electron chi connectivity index (χ4n) is 4.03. The van der Waals surface area contributed by atoms with Gasteiger partial charge in [-0.3, -0.25) is 4.79 Å². The van der Waals surface area contributed by atoms with Crippen LogP contribution in [0.25, 0.3) is 0 Å². The van der Waals surface area contributed by atoms with Crippen LogP contribution in [0.1, 0.15) is 34.7 Å². The van der Waals surface area contributed by atoms with Gasteiger partial charge in [0.2, 0.25) is 10.0 Å². The fraction of sp³-hybridized carbons (Fsp3) is 0.188. The molecule has 0 saturated carbocycles. The van der Waals surface area contributed by atoms with Crippen molar-refractivity contribution in [2.24, 2.45) is 5.10 Å². The molecule has 0 aliphatic heterocycles. The number of aryl methyl sites for hydroxylation is 3. The molecule has 0 aromatic heterocycles. The first-order valence-corrected chi connectivity index (χ1v) is 16.3. The summed E-state index contributed by atoms with van der Waals surface area (Å²) in [5, 5.41) is 4.19. The van der Waals surface area contributed by atoms with Crippen molar-refractivity contribution in [3.8, 4) is 5.75 Å². The van der Waals surface area contributed by atoms with E-state index in [0.29, 0.717) is 11.3 Å². The lowest BCUT2D eigenvalue weighted by Gasteiger charge is -2.18. The van der Waals surface area contributed by atoms with E-state index in [1.807, 2.05) is 45.0 Å². The molecule has 4 aromatic carbocycles. The summed E-state index contributed by atoms with van der Waals surface area (Å²) in [5.41, 5.74) is 7.27. The molecule has 0 saturated heterocycles. The molecule has 0 fully saturated rings. The van der Waals surface area contributed by atoms with E-state index in [1.54, 1.807) is 43.3 Å². The molecular formula is C32H33N3O6S2. The maximum Gasteiger partial charge on any atom is 0.339 e. The van der Waals surface area contributed by atoms with Crippen molar-refractivity contribution >= 4 is 31.8 Å². The number of nitrogens with zero attached hydrogens (tertiary/aromatic N) is 1. The fourth-order valence-corrected chi connectivity index (χ4v) is 6.16. The molecule has 1 unspecified atom stereocenters. The number of carbonyl (C=O) groups is 1. The average Bonchev–Trinajstić information content (AvgIpc) is 2.97. The van der Waals surface area contributed by atoms with Gasteiger partial charge in [-0.2, -0.15) is 18.2 Å². The minimum absolute atomic E-state index is 0.0142. The molecule has 1 amide bonds. The molecule has 43 heavy (non-hydrogen) atoms. The van der Waals surface area contributed by atoms with Crippen LogP contribution in [0.5, 0.6) is 5.75 Å². The maximum atomic E-state index is 13.3. The third kappa shape index (κ3) is 8.60. The van der Waals surface area contributed by atoms with Gasteiger partial charge in [-0.05, 0) is 81.6 Å². The number of nitrogens with one attached hydrogen (secondary N) is 2. The van der Waals surface area contributed by atoms with Gasteiger partial charge >= 0.3 is 10.1 Å². The minimum atomic E-state index is -4.07. The number of sulfonamides is 1. The van der Waals surface area contributed by atoms with Crippen LogP contribution < -0.4 is 14.3 Å². The highest BCUT2D eigenvalue weighted by atomic mass is 32.2. The minimum Gasteiger partial charge on any atom is -0.379 e. The Balaban J connectivity index is 1.54. The predicted molar refractivity (Wildman–Crippen MR) is 166 cm³/mol. The largest absolute Gasteiger partial charge is 0.379 e. The Morgan fingerprint density at radius 3 is 1.74 bits per heavy atom. The van der Waals surface area contributed by atoms with E-state index in [-0.39, 0.29) is 22.0 Å². The van der Waals surface area contributed by atoms with Gasteiger partial charge in [0, 0.05) is 0 Å². The van der Waals surface area contributed by atoms with E-state index in [4.69, 9.17) is 4.18 Å². The third-order valence-electron chi connectivity index (χ3n) is 6.63. The topological polar surface area (TPSA) is 131 Å². The van der Waals surface area contributed by atoms with E-state index in [1.165, 1.54) is 36.4 Å². The smallest absolute Gasteiger partial charge is 0.339 e.